The van der Waals surface area contributed by atoms with Crippen LogP contribution in [0.15, 0.2) is 68.8 Å². The molecular formula is C29H37N4O6S2+. The average Bonchev–Trinajstić information content (AvgIpc) is 2.99. The van der Waals surface area contributed by atoms with E-state index in [4.69, 9.17) is 19.7 Å². The summed E-state index contributed by atoms with van der Waals surface area (Å²) in [5.41, 5.74) is 9.58. The second-order valence-electron chi connectivity index (χ2n) is 9.25. The first-order valence-electron chi connectivity index (χ1n) is 13.6. The maximum Gasteiger partial charge on any atom is 0.240 e. The number of hydrogen-bond donors (Lipinski definition) is 3. The molecule has 1 aliphatic heterocycles. The van der Waals surface area contributed by atoms with Gasteiger partial charge in [-0.2, -0.15) is 0 Å². The molecule has 0 saturated heterocycles. The van der Waals surface area contributed by atoms with Crippen molar-refractivity contribution in [1.29, 1.82) is 0 Å². The van der Waals surface area contributed by atoms with Crippen LogP contribution in [0.1, 0.15) is 27.7 Å². The lowest BCUT2D eigenvalue weighted by molar-refractivity contribution is -0.432. The van der Waals surface area contributed by atoms with E-state index in [0.717, 1.165) is 53.7 Å². The highest BCUT2D eigenvalue weighted by Gasteiger charge is 2.24. The Morgan fingerprint density at radius 2 is 1.73 bits per heavy atom. The molecule has 0 aromatic heterocycles. The fourth-order valence-corrected chi connectivity index (χ4v) is 6.69. The molecule has 0 bridgehead atoms. The second kappa shape index (κ2) is 13.8. The number of nitrogens with one attached hydrogen (secondary N) is 1. The van der Waals surface area contributed by atoms with Gasteiger partial charge in [0.15, 0.2) is 0 Å². The van der Waals surface area contributed by atoms with Crippen molar-refractivity contribution in [3.63, 3.8) is 0 Å². The number of nitrogens with two attached hydrogens (primary N) is 1. The molecule has 1 aliphatic carbocycles. The fourth-order valence-electron chi connectivity index (χ4n) is 5.00. The van der Waals surface area contributed by atoms with E-state index < -0.39 is 10.0 Å². The molecule has 2 aliphatic rings. The summed E-state index contributed by atoms with van der Waals surface area (Å²) >= 11 is 0.707. The Balaban J connectivity index is 2.06. The number of fused-ring (bicyclic) bond motifs is 2. The summed E-state index contributed by atoms with van der Waals surface area (Å²) in [7, 11) is -3.83. The molecule has 0 atom stereocenters. The SMILES string of the molecule is CCN(CC)c1ccc2c(-c3ccc(S(=O)(=O)NCCN)cc3SOOO)c3ccc(=[N+](CC)CC)cc-3oc2c1. The summed E-state index contributed by atoms with van der Waals surface area (Å²) in [4.78, 5) is 2.69. The fraction of sp³-hybridized carbons (Fsp3) is 0.345. The van der Waals surface area contributed by atoms with Gasteiger partial charge >= 0.3 is 0 Å². The Kier molecular flexibility index (Phi) is 10.4. The van der Waals surface area contributed by atoms with Crippen molar-refractivity contribution in [2.45, 2.75) is 37.5 Å². The first-order valence-corrected chi connectivity index (χ1v) is 15.9. The molecule has 4 rings (SSSR count). The summed E-state index contributed by atoms with van der Waals surface area (Å²) in [5.74, 6) is 0.685. The molecule has 12 heteroatoms. The molecule has 41 heavy (non-hydrogen) atoms. The van der Waals surface area contributed by atoms with Crippen LogP contribution in [-0.2, 0) is 19.4 Å². The lowest BCUT2D eigenvalue weighted by Crippen LogP contribution is -2.29. The molecule has 1 heterocycles. The van der Waals surface area contributed by atoms with Crippen LogP contribution < -0.4 is 25.3 Å². The van der Waals surface area contributed by atoms with Crippen molar-refractivity contribution in [2.75, 3.05) is 44.2 Å². The van der Waals surface area contributed by atoms with Gasteiger partial charge in [-0.3, -0.25) is 0 Å². The Morgan fingerprint density at radius 1 is 1.00 bits per heavy atom. The van der Waals surface area contributed by atoms with E-state index in [1.165, 1.54) is 12.1 Å². The van der Waals surface area contributed by atoms with E-state index in [2.05, 4.69) is 59.1 Å². The van der Waals surface area contributed by atoms with E-state index in [1.807, 2.05) is 24.3 Å². The first-order chi connectivity index (χ1) is 19.8. The zero-order chi connectivity index (χ0) is 29.6. The largest absolute Gasteiger partial charge is 0.456 e. The lowest BCUT2D eigenvalue weighted by atomic mass is 9.93. The number of benzene rings is 3. The third kappa shape index (κ3) is 6.59. The molecule has 0 fully saturated rings. The van der Waals surface area contributed by atoms with E-state index in [9.17, 15) is 8.42 Å². The van der Waals surface area contributed by atoms with E-state index in [1.54, 1.807) is 6.07 Å². The van der Waals surface area contributed by atoms with Crippen LogP contribution in [0, 0.1) is 0 Å². The molecule has 0 saturated carbocycles. The van der Waals surface area contributed by atoms with E-state index in [-0.39, 0.29) is 18.0 Å². The first kappa shape index (κ1) is 31.0. The van der Waals surface area contributed by atoms with E-state index in [0.29, 0.717) is 33.8 Å². The topological polar surface area (TPSA) is 130 Å². The minimum Gasteiger partial charge on any atom is -0.456 e. The summed E-state index contributed by atoms with van der Waals surface area (Å²) in [6.07, 6.45) is 0. The molecule has 0 amide bonds. The highest BCUT2D eigenvalue weighted by atomic mass is 32.2. The second-order valence-corrected chi connectivity index (χ2v) is 11.8. The van der Waals surface area contributed by atoms with Crippen LogP contribution >= 0.6 is 12.0 Å². The van der Waals surface area contributed by atoms with E-state index >= 15 is 0 Å². The van der Waals surface area contributed by atoms with Gasteiger partial charge in [-0.15, -0.1) is 4.33 Å². The van der Waals surface area contributed by atoms with Gasteiger partial charge in [0.2, 0.25) is 15.4 Å². The maximum atomic E-state index is 12.9. The van der Waals surface area contributed by atoms with Gasteiger partial charge in [0.05, 0.1) is 23.0 Å². The quantitative estimate of drug-likeness (QED) is 0.0665. The number of hydrogen-bond acceptors (Lipinski definition) is 9. The minimum absolute atomic E-state index is 0.0283. The Bertz CT molecular complexity index is 1650. The molecule has 2 aromatic rings. The zero-order valence-corrected chi connectivity index (χ0v) is 25.3. The van der Waals surface area contributed by atoms with Gasteiger partial charge in [-0.25, -0.2) is 23.0 Å². The maximum absolute atomic E-state index is 12.9. The highest BCUT2D eigenvalue weighted by Crippen LogP contribution is 2.44. The van der Waals surface area contributed by atoms with Crippen LogP contribution in [0.2, 0.25) is 0 Å². The van der Waals surface area contributed by atoms with Gasteiger partial charge in [0.25, 0.3) is 0 Å². The predicted molar refractivity (Wildman–Crippen MR) is 163 cm³/mol. The average molecular weight is 602 g/mol. The Morgan fingerprint density at radius 3 is 2.39 bits per heavy atom. The van der Waals surface area contributed by atoms with Crippen molar-refractivity contribution in [2.24, 2.45) is 5.73 Å². The normalized spacial score (nSPS) is 11.9. The third-order valence-electron chi connectivity index (χ3n) is 7.07. The third-order valence-corrected chi connectivity index (χ3v) is 9.17. The van der Waals surface area contributed by atoms with Gasteiger partial charge in [0, 0.05) is 65.4 Å². The minimum atomic E-state index is -3.83. The van der Waals surface area contributed by atoms with Gasteiger partial charge in [-0.1, -0.05) is 11.1 Å². The van der Waals surface area contributed by atoms with Crippen LogP contribution in [-0.4, -0.2) is 52.9 Å². The standard InChI is InChI=1S/C29H36N4O6S2/c1-5-32(6-2)20-9-12-23-26(17-20)37-27-18-21(33(7-3)8-4)10-13-24(27)29(23)25-14-11-22(19-28(25)40-39-38-34)41(35,36)31-16-15-30/h9-14,17-19,31H,5-8,15-16,30H2,1-4H3/p+1. The van der Waals surface area contributed by atoms with Crippen molar-refractivity contribution in [3.05, 3.63) is 60.0 Å². The molecule has 2 aromatic carbocycles. The number of sulfonamides is 1. The Hall–Kier alpha value is -2.97. The van der Waals surface area contributed by atoms with Crippen LogP contribution in [0.5, 0.6) is 0 Å². The molecule has 10 nitrogen and oxygen atoms in total. The molecule has 0 spiro atoms. The van der Waals surface area contributed by atoms with Crippen molar-refractivity contribution < 1.29 is 27.5 Å². The van der Waals surface area contributed by atoms with Crippen LogP contribution in [0.3, 0.4) is 0 Å². The molecular weight excluding hydrogens is 564 g/mol. The smallest absolute Gasteiger partial charge is 0.240 e. The van der Waals surface area contributed by atoms with Gasteiger partial charge in [0.1, 0.15) is 24.4 Å². The molecule has 4 N–H and O–H groups in total. The van der Waals surface area contributed by atoms with Gasteiger partial charge in [-0.05, 0) is 63.6 Å². The van der Waals surface area contributed by atoms with Crippen molar-refractivity contribution in [3.8, 4) is 22.5 Å². The number of anilines is 1. The lowest BCUT2D eigenvalue weighted by Gasteiger charge is -2.22. The predicted octanol–water partition coefficient (Wildman–Crippen LogP) is 4.53. The summed E-state index contributed by atoms with van der Waals surface area (Å²) in [6.45, 7) is 12.1. The van der Waals surface area contributed by atoms with Crippen LogP contribution in [0.25, 0.3) is 33.4 Å². The number of rotatable bonds is 13. The highest BCUT2D eigenvalue weighted by molar-refractivity contribution is 7.94. The Labute approximate surface area is 244 Å². The van der Waals surface area contributed by atoms with Crippen molar-refractivity contribution in [1.82, 2.24) is 9.30 Å². The molecule has 220 valence electrons. The van der Waals surface area contributed by atoms with Gasteiger partial charge < -0.3 is 15.1 Å². The monoisotopic (exact) mass is 601 g/mol. The summed E-state index contributed by atoms with van der Waals surface area (Å²) < 4.78 is 41.8. The molecule has 0 radical (unpaired) electrons. The summed E-state index contributed by atoms with van der Waals surface area (Å²) in [6, 6.07) is 17.0. The summed E-state index contributed by atoms with van der Waals surface area (Å²) in [5, 5.41) is 14.7. The van der Waals surface area contributed by atoms with Crippen LogP contribution in [0.4, 0.5) is 5.69 Å². The molecule has 0 unspecified atom stereocenters. The number of nitrogens with zero attached hydrogens (tertiary/aromatic N) is 2. The van der Waals surface area contributed by atoms with Crippen molar-refractivity contribution >= 4 is 38.7 Å². The zero-order valence-electron chi connectivity index (χ0n) is 23.7.